The van der Waals surface area contributed by atoms with Crippen molar-refractivity contribution in [2.75, 3.05) is 7.11 Å². The number of carbonyl (C=O) groups is 1. The van der Waals surface area contributed by atoms with Crippen LogP contribution in [0.4, 0.5) is 0 Å². The molecule has 2 rings (SSSR count). The van der Waals surface area contributed by atoms with Crippen molar-refractivity contribution in [3.8, 4) is 0 Å². The second kappa shape index (κ2) is 4.97. The summed E-state index contributed by atoms with van der Waals surface area (Å²) in [6.45, 7) is 2.38. The van der Waals surface area contributed by atoms with Crippen LogP contribution < -0.4 is 5.32 Å². The van der Waals surface area contributed by atoms with E-state index in [1.54, 1.807) is 13.1 Å². The molecule has 0 aliphatic carbocycles. The zero-order valence-corrected chi connectivity index (χ0v) is 9.86. The first-order valence-electron chi connectivity index (χ1n) is 5.44. The molecule has 0 aliphatic rings. The highest BCUT2D eigenvalue weighted by molar-refractivity contribution is 5.79. The number of aromatic amines is 1. The predicted octanol–water partition coefficient (Wildman–Crippen LogP) is 1.21. The minimum atomic E-state index is -0.318. The van der Waals surface area contributed by atoms with E-state index in [0.29, 0.717) is 6.54 Å². The number of nitrogens with zero attached hydrogens (tertiary/aromatic N) is 1. The largest absolute Gasteiger partial charge is 0.468 e. The molecule has 2 aromatic rings. The van der Waals surface area contributed by atoms with Gasteiger partial charge in [-0.1, -0.05) is 0 Å². The van der Waals surface area contributed by atoms with E-state index in [-0.39, 0.29) is 12.0 Å². The number of nitrogens with one attached hydrogen (secondary N) is 2. The fourth-order valence-electron chi connectivity index (χ4n) is 1.68. The van der Waals surface area contributed by atoms with Crippen LogP contribution in [-0.4, -0.2) is 29.1 Å². The maximum atomic E-state index is 11.2. The minimum absolute atomic E-state index is 0.261. The molecule has 5 nitrogen and oxygen atoms in total. The Kier molecular flexibility index (Phi) is 3.39. The predicted molar refractivity (Wildman–Crippen MR) is 64.4 cm³/mol. The molecule has 2 aromatic heterocycles. The Bertz CT molecular complexity index is 521. The van der Waals surface area contributed by atoms with Crippen molar-refractivity contribution in [3.05, 3.63) is 30.1 Å². The van der Waals surface area contributed by atoms with E-state index in [0.717, 1.165) is 16.6 Å². The number of H-pyrrole nitrogens is 1. The van der Waals surface area contributed by atoms with Crippen LogP contribution in [0.5, 0.6) is 0 Å². The van der Waals surface area contributed by atoms with Gasteiger partial charge in [0.1, 0.15) is 11.7 Å². The Morgan fingerprint density at radius 3 is 3.24 bits per heavy atom. The van der Waals surface area contributed by atoms with E-state index in [2.05, 4.69) is 20.0 Å². The Balaban J connectivity index is 2.07. The van der Waals surface area contributed by atoms with Gasteiger partial charge in [0, 0.05) is 24.3 Å². The average molecular weight is 233 g/mol. The zero-order chi connectivity index (χ0) is 12.3. The lowest BCUT2D eigenvalue weighted by Crippen LogP contribution is -2.34. The van der Waals surface area contributed by atoms with Gasteiger partial charge in [0.15, 0.2) is 0 Å². The molecule has 0 fully saturated rings. The Labute approximate surface area is 99.2 Å². The molecule has 0 saturated heterocycles. The summed E-state index contributed by atoms with van der Waals surface area (Å²) in [6.07, 6.45) is 3.64. The number of pyridine rings is 1. The molecule has 0 aliphatic heterocycles. The quantitative estimate of drug-likeness (QED) is 0.779. The molecule has 0 saturated carbocycles. The first-order chi connectivity index (χ1) is 8.22. The molecular weight excluding hydrogens is 218 g/mol. The van der Waals surface area contributed by atoms with Gasteiger partial charge in [-0.3, -0.25) is 4.79 Å². The summed E-state index contributed by atoms with van der Waals surface area (Å²) in [5.74, 6) is -0.261. The number of fused-ring (bicyclic) bond motifs is 1. The van der Waals surface area contributed by atoms with Crippen molar-refractivity contribution >= 4 is 17.0 Å². The van der Waals surface area contributed by atoms with Crippen LogP contribution in [0.25, 0.3) is 11.0 Å². The smallest absolute Gasteiger partial charge is 0.322 e. The molecule has 1 atom stereocenters. The van der Waals surface area contributed by atoms with Gasteiger partial charge < -0.3 is 15.0 Å². The number of aromatic nitrogens is 2. The molecule has 0 amide bonds. The van der Waals surface area contributed by atoms with Crippen molar-refractivity contribution in [2.45, 2.75) is 19.5 Å². The second-order valence-corrected chi connectivity index (χ2v) is 3.84. The van der Waals surface area contributed by atoms with Crippen molar-refractivity contribution in [1.82, 2.24) is 15.3 Å². The van der Waals surface area contributed by atoms with Gasteiger partial charge in [-0.05, 0) is 24.6 Å². The van der Waals surface area contributed by atoms with E-state index >= 15 is 0 Å². The fraction of sp³-hybridized carbons (Fsp3) is 0.333. The number of rotatable bonds is 4. The Hall–Kier alpha value is -1.88. The van der Waals surface area contributed by atoms with Gasteiger partial charge in [-0.2, -0.15) is 0 Å². The number of hydrogen-bond donors (Lipinski definition) is 2. The monoisotopic (exact) mass is 233 g/mol. The molecule has 17 heavy (non-hydrogen) atoms. The highest BCUT2D eigenvalue weighted by Gasteiger charge is 2.12. The van der Waals surface area contributed by atoms with Gasteiger partial charge in [-0.15, -0.1) is 0 Å². The Morgan fingerprint density at radius 2 is 2.47 bits per heavy atom. The highest BCUT2D eigenvalue weighted by atomic mass is 16.5. The molecule has 1 unspecified atom stereocenters. The van der Waals surface area contributed by atoms with E-state index in [1.165, 1.54) is 7.11 Å². The first-order valence-corrected chi connectivity index (χ1v) is 5.44. The van der Waals surface area contributed by atoms with Gasteiger partial charge in [-0.25, -0.2) is 4.98 Å². The lowest BCUT2D eigenvalue weighted by Gasteiger charge is -2.10. The van der Waals surface area contributed by atoms with Crippen LogP contribution in [0.3, 0.4) is 0 Å². The molecule has 2 heterocycles. The molecule has 0 radical (unpaired) electrons. The van der Waals surface area contributed by atoms with Crippen LogP contribution >= 0.6 is 0 Å². The number of hydrogen-bond acceptors (Lipinski definition) is 4. The number of methoxy groups -OCH3 is 1. The normalized spacial score (nSPS) is 12.6. The van der Waals surface area contributed by atoms with Gasteiger partial charge in [0.05, 0.1) is 7.11 Å². The fourth-order valence-corrected chi connectivity index (χ4v) is 1.68. The van der Waals surface area contributed by atoms with Crippen molar-refractivity contribution < 1.29 is 9.53 Å². The zero-order valence-electron chi connectivity index (χ0n) is 9.86. The van der Waals surface area contributed by atoms with E-state index in [1.807, 2.05) is 18.3 Å². The summed E-state index contributed by atoms with van der Waals surface area (Å²) in [7, 11) is 1.39. The van der Waals surface area contributed by atoms with Crippen LogP contribution in [0.15, 0.2) is 24.5 Å². The summed E-state index contributed by atoms with van der Waals surface area (Å²) < 4.78 is 4.65. The molecule has 90 valence electrons. The summed E-state index contributed by atoms with van der Waals surface area (Å²) >= 11 is 0. The number of carbonyl (C=O) groups excluding carboxylic acids is 1. The molecule has 0 aromatic carbocycles. The summed E-state index contributed by atoms with van der Waals surface area (Å²) in [6, 6.07) is 3.57. The lowest BCUT2D eigenvalue weighted by atomic mass is 10.2. The number of ether oxygens (including phenoxy) is 1. The highest BCUT2D eigenvalue weighted by Crippen LogP contribution is 2.15. The van der Waals surface area contributed by atoms with Crippen LogP contribution in [-0.2, 0) is 16.1 Å². The SMILES string of the molecule is COC(=O)C(C)NCc1c[nH]c2ncccc12. The van der Waals surface area contributed by atoms with Crippen molar-refractivity contribution in [1.29, 1.82) is 0 Å². The van der Waals surface area contributed by atoms with E-state index in [4.69, 9.17) is 0 Å². The Morgan fingerprint density at radius 1 is 1.65 bits per heavy atom. The van der Waals surface area contributed by atoms with E-state index < -0.39 is 0 Å². The van der Waals surface area contributed by atoms with Crippen LogP contribution in [0.1, 0.15) is 12.5 Å². The summed E-state index contributed by atoms with van der Waals surface area (Å²) in [5.41, 5.74) is 1.94. The third-order valence-electron chi connectivity index (χ3n) is 2.69. The third kappa shape index (κ3) is 2.45. The first kappa shape index (κ1) is 11.6. The van der Waals surface area contributed by atoms with Gasteiger partial charge in [0.2, 0.25) is 0 Å². The summed E-state index contributed by atoms with van der Waals surface area (Å²) in [4.78, 5) is 18.5. The minimum Gasteiger partial charge on any atom is -0.468 e. The van der Waals surface area contributed by atoms with E-state index in [9.17, 15) is 4.79 Å². The maximum absolute atomic E-state index is 11.2. The van der Waals surface area contributed by atoms with Crippen LogP contribution in [0.2, 0.25) is 0 Å². The van der Waals surface area contributed by atoms with Gasteiger partial charge >= 0.3 is 5.97 Å². The molecular formula is C12H15N3O2. The second-order valence-electron chi connectivity index (χ2n) is 3.84. The van der Waals surface area contributed by atoms with Crippen molar-refractivity contribution in [2.24, 2.45) is 0 Å². The number of esters is 1. The van der Waals surface area contributed by atoms with Gasteiger partial charge in [0.25, 0.3) is 0 Å². The van der Waals surface area contributed by atoms with Crippen molar-refractivity contribution in [3.63, 3.8) is 0 Å². The molecule has 0 bridgehead atoms. The average Bonchev–Trinajstić information content (AvgIpc) is 2.78. The summed E-state index contributed by atoms with van der Waals surface area (Å²) in [5, 5.41) is 4.17. The molecule has 0 spiro atoms. The van der Waals surface area contributed by atoms with Crippen LogP contribution in [0, 0.1) is 0 Å². The maximum Gasteiger partial charge on any atom is 0.322 e. The molecule has 5 heteroatoms. The topological polar surface area (TPSA) is 67.0 Å². The molecule has 2 N–H and O–H groups in total. The third-order valence-corrected chi connectivity index (χ3v) is 2.69. The standard InChI is InChI=1S/C12H15N3O2/c1-8(12(16)17-2)14-6-9-7-15-11-10(9)4-3-5-13-11/h3-5,7-8,14H,6H2,1-2H3,(H,13,15). The lowest BCUT2D eigenvalue weighted by molar-refractivity contribution is -0.142.